The Morgan fingerprint density at radius 3 is 2.42 bits per heavy atom. The number of anilines is 3. The van der Waals surface area contributed by atoms with Crippen LogP contribution in [0.15, 0.2) is 60.7 Å². The number of para-hydroxylation sites is 1. The Hall–Kier alpha value is -3.08. The minimum atomic E-state index is 0.582. The molecule has 0 saturated carbocycles. The fraction of sp³-hybridized carbons (Fsp3) is 0.158. The van der Waals surface area contributed by atoms with Crippen molar-refractivity contribution in [2.45, 2.75) is 13.5 Å². The molecule has 0 aliphatic heterocycles. The molecule has 5 heteroatoms. The third kappa shape index (κ3) is 4.23. The Morgan fingerprint density at radius 2 is 1.71 bits per heavy atom. The summed E-state index contributed by atoms with van der Waals surface area (Å²) in [6.45, 7) is 2.64. The molecular formula is C19H20N4O. The van der Waals surface area contributed by atoms with Gasteiger partial charge in [-0.1, -0.05) is 30.3 Å². The van der Waals surface area contributed by atoms with Crippen LogP contribution in [-0.2, 0) is 6.54 Å². The van der Waals surface area contributed by atoms with Crippen LogP contribution in [0.1, 0.15) is 11.3 Å². The van der Waals surface area contributed by atoms with Crippen LogP contribution in [0.5, 0.6) is 5.75 Å². The van der Waals surface area contributed by atoms with Crippen molar-refractivity contribution in [1.29, 1.82) is 0 Å². The number of methoxy groups -OCH3 is 1. The highest BCUT2D eigenvalue weighted by Crippen LogP contribution is 2.17. The lowest BCUT2D eigenvalue weighted by Gasteiger charge is -2.10. The summed E-state index contributed by atoms with van der Waals surface area (Å²) in [6.07, 6.45) is 0. The zero-order valence-electron chi connectivity index (χ0n) is 13.8. The largest absolute Gasteiger partial charge is 0.497 e. The van der Waals surface area contributed by atoms with E-state index in [1.54, 1.807) is 7.11 Å². The van der Waals surface area contributed by atoms with Gasteiger partial charge in [0.25, 0.3) is 0 Å². The van der Waals surface area contributed by atoms with E-state index in [4.69, 9.17) is 4.74 Å². The smallest absolute Gasteiger partial charge is 0.229 e. The van der Waals surface area contributed by atoms with Crippen LogP contribution in [0.2, 0.25) is 0 Å². The highest BCUT2D eigenvalue weighted by Gasteiger charge is 2.03. The van der Waals surface area contributed by atoms with Crippen molar-refractivity contribution in [3.63, 3.8) is 0 Å². The number of hydrogen-bond donors (Lipinski definition) is 2. The van der Waals surface area contributed by atoms with E-state index in [2.05, 4.69) is 20.6 Å². The molecular weight excluding hydrogens is 300 g/mol. The zero-order valence-corrected chi connectivity index (χ0v) is 13.8. The molecule has 0 fully saturated rings. The van der Waals surface area contributed by atoms with Crippen LogP contribution < -0.4 is 15.4 Å². The number of benzene rings is 2. The third-order valence-corrected chi connectivity index (χ3v) is 3.52. The molecule has 0 bridgehead atoms. The summed E-state index contributed by atoms with van der Waals surface area (Å²) >= 11 is 0. The molecule has 0 atom stereocenters. The van der Waals surface area contributed by atoms with Gasteiger partial charge in [0.05, 0.1) is 7.11 Å². The van der Waals surface area contributed by atoms with E-state index in [0.717, 1.165) is 28.5 Å². The van der Waals surface area contributed by atoms with Gasteiger partial charge in [0.2, 0.25) is 5.95 Å². The molecule has 0 amide bonds. The van der Waals surface area contributed by atoms with Crippen molar-refractivity contribution in [3.05, 3.63) is 71.9 Å². The second kappa shape index (κ2) is 7.46. The second-order valence-corrected chi connectivity index (χ2v) is 5.41. The molecule has 24 heavy (non-hydrogen) atoms. The van der Waals surface area contributed by atoms with Crippen LogP contribution in [0.25, 0.3) is 0 Å². The van der Waals surface area contributed by atoms with Crippen molar-refractivity contribution < 1.29 is 4.74 Å². The molecule has 5 nitrogen and oxygen atoms in total. The van der Waals surface area contributed by atoms with Gasteiger partial charge in [-0.05, 0) is 36.8 Å². The van der Waals surface area contributed by atoms with Crippen LogP contribution in [0, 0.1) is 6.92 Å². The Morgan fingerprint density at radius 1 is 0.958 bits per heavy atom. The van der Waals surface area contributed by atoms with Gasteiger partial charge < -0.3 is 15.4 Å². The van der Waals surface area contributed by atoms with E-state index < -0.39 is 0 Å². The van der Waals surface area contributed by atoms with Gasteiger partial charge in [0.15, 0.2) is 0 Å². The van der Waals surface area contributed by atoms with Crippen LogP contribution in [-0.4, -0.2) is 17.1 Å². The van der Waals surface area contributed by atoms with Crippen LogP contribution >= 0.6 is 0 Å². The number of ether oxygens (including phenoxy) is 1. The number of hydrogen-bond acceptors (Lipinski definition) is 5. The van der Waals surface area contributed by atoms with E-state index in [1.807, 2.05) is 67.6 Å². The highest BCUT2D eigenvalue weighted by molar-refractivity contribution is 5.55. The van der Waals surface area contributed by atoms with E-state index in [1.165, 1.54) is 0 Å². The minimum Gasteiger partial charge on any atom is -0.497 e. The molecule has 0 spiro atoms. The summed E-state index contributed by atoms with van der Waals surface area (Å²) in [7, 11) is 1.66. The summed E-state index contributed by atoms with van der Waals surface area (Å²) in [5, 5.41) is 6.55. The maximum absolute atomic E-state index is 5.17. The average Bonchev–Trinajstić information content (AvgIpc) is 2.61. The van der Waals surface area contributed by atoms with Gasteiger partial charge in [-0.3, -0.25) is 0 Å². The van der Waals surface area contributed by atoms with E-state index in [0.29, 0.717) is 12.5 Å². The van der Waals surface area contributed by atoms with Crippen molar-refractivity contribution in [2.24, 2.45) is 0 Å². The van der Waals surface area contributed by atoms with Gasteiger partial charge in [-0.2, -0.15) is 4.98 Å². The number of rotatable bonds is 6. The molecule has 0 unspecified atom stereocenters. The standard InChI is InChI=1S/C19H20N4O/c1-14-12-18(20-13-15-8-10-17(24-2)11-9-15)23-19(21-14)22-16-6-4-3-5-7-16/h3-12H,13H2,1-2H3,(H2,20,21,22,23). The summed E-state index contributed by atoms with van der Waals surface area (Å²) in [6, 6.07) is 19.8. The molecule has 2 N–H and O–H groups in total. The van der Waals surface area contributed by atoms with Gasteiger partial charge in [0.1, 0.15) is 11.6 Å². The topological polar surface area (TPSA) is 59.1 Å². The van der Waals surface area contributed by atoms with Gasteiger partial charge in [-0.25, -0.2) is 4.98 Å². The van der Waals surface area contributed by atoms with Gasteiger partial charge >= 0.3 is 0 Å². The molecule has 2 aromatic carbocycles. The molecule has 3 rings (SSSR count). The first kappa shape index (κ1) is 15.8. The monoisotopic (exact) mass is 320 g/mol. The van der Waals surface area contributed by atoms with Crippen molar-refractivity contribution in [2.75, 3.05) is 17.7 Å². The maximum atomic E-state index is 5.17. The molecule has 0 aliphatic rings. The highest BCUT2D eigenvalue weighted by atomic mass is 16.5. The Labute approximate surface area is 141 Å². The zero-order chi connectivity index (χ0) is 16.8. The van der Waals surface area contributed by atoms with Crippen LogP contribution in [0.3, 0.4) is 0 Å². The predicted molar refractivity (Wildman–Crippen MR) is 96.8 cm³/mol. The molecule has 3 aromatic rings. The predicted octanol–water partition coefficient (Wildman–Crippen LogP) is 4.15. The quantitative estimate of drug-likeness (QED) is 0.714. The van der Waals surface area contributed by atoms with E-state index in [-0.39, 0.29) is 0 Å². The number of aryl methyl sites for hydroxylation is 1. The first-order valence-corrected chi connectivity index (χ1v) is 7.77. The van der Waals surface area contributed by atoms with Crippen LogP contribution in [0.4, 0.5) is 17.5 Å². The van der Waals surface area contributed by atoms with Gasteiger partial charge in [0, 0.05) is 24.0 Å². The number of nitrogens with one attached hydrogen (secondary N) is 2. The van der Waals surface area contributed by atoms with Gasteiger partial charge in [-0.15, -0.1) is 0 Å². The molecule has 1 heterocycles. The summed E-state index contributed by atoms with van der Waals surface area (Å²) in [5.41, 5.74) is 3.02. The van der Waals surface area contributed by atoms with Crippen molar-refractivity contribution >= 4 is 17.5 Å². The minimum absolute atomic E-state index is 0.582. The Kier molecular flexibility index (Phi) is 4.91. The van der Waals surface area contributed by atoms with E-state index >= 15 is 0 Å². The third-order valence-electron chi connectivity index (χ3n) is 3.52. The Balaban J connectivity index is 1.69. The van der Waals surface area contributed by atoms with E-state index in [9.17, 15) is 0 Å². The first-order chi connectivity index (χ1) is 11.7. The molecule has 0 aliphatic carbocycles. The summed E-state index contributed by atoms with van der Waals surface area (Å²) in [5.74, 6) is 2.22. The average molecular weight is 320 g/mol. The second-order valence-electron chi connectivity index (χ2n) is 5.41. The molecule has 0 saturated heterocycles. The molecule has 1 aromatic heterocycles. The Bertz CT molecular complexity index is 788. The number of nitrogens with zero attached hydrogens (tertiary/aromatic N) is 2. The fourth-order valence-corrected chi connectivity index (χ4v) is 2.30. The van der Waals surface area contributed by atoms with Crippen molar-refractivity contribution in [1.82, 2.24) is 9.97 Å². The number of aromatic nitrogens is 2. The normalized spacial score (nSPS) is 10.2. The first-order valence-electron chi connectivity index (χ1n) is 7.77. The maximum Gasteiger partial charge on any atom is 0.229 e. The van der Waals surface area contributed by atoms with Crippen molar-refractivity contribution in [3.8, 4) is 5.75 Å². The lowest BCUT2D eigenvalue weighted by molar-refractivity contribution is 0.414. The lowest BCUT2D eigenvalue weighted by atomic mass is 10.2. The SMILES string of the molecule is COc1ccc(CNc2cc(C)nc(Nc3ccccc3)n2)cc1. The molecule has 122 valence electrons. The summed E-state index contributed by atoms with van der Waals surface area (Å²) < 4.78 is 5.17. The lowest BCUT2D eigenvalue weighted by Crippen LogP contribution is -2.05. The fourth-order valence-electron chi connectivity index (χ4n) is 2.30. The summed E-state index contributed by atoms with van der Waals surface area (Å²) in [4.78, 5) is 8.95. The molecule has 0 radical (unpaired) electrons.